The van der Waals surface area contributed by atoms with Gasteiger partial charge in [-0.25, -0.2) is 13.2 Å². The number of benzene rings is 1. The summed E-state index contributed by atoms with van der Waals surface area (Å²) in [6.45, 7) is -0.173. The SMILES string of the molecule is CS(=O)(=O)C(CO)CCNC(=O)OCc1ccccc1. The van der Waals surface area contributed by atoms with Crippen molar-refractivity contribution in [1.29, 1.82) is 0 Å². The van der Waals surface area contributed by atoms with Crippen LogP contribution >= 0.6 is 0 Å². The lowest BCUT2D eigenvalue weighted by Gasteiger charge is -2.12. The molecule has 1 atom stereocenters. The second-order valence-electron chi connectivity index (χ2n) is 4.41. The Morgan fingerprint density at radius 1 is 1.35 bits per heavy atom. The van der Waals surface area contributed by atoms with E-state index in [2.05, 4.69) is 5.32 Å². The van der Waals surface area contributed by atoms with Crippen molar-refractivity contribution >= 4 is 15.9 Å². The maximum atomic E-state index is 11.4. The van der Waals surface area contributed by atoms with E-state index < -0.39 is 27.8 Å². The number of aliphatic hydroxyl groups is 1. The number of nitrogens with one attached hydrogen (secondary N) is 1. The van der Waals surface area contributed by atoms with Crippen molar-refractivity contribution in [3.8, 4) is 0 Å². The molecule has 7 heteroatoms. The van der Waals surface area contributed by atoms with Gasteiger partial charge in [0.2, 0.25) is 0 Å². The minimum Gasteiger partial charge on any atom is -0.445 e. The molecule has 0 aliphatic carbocycles. The fourth-order valence-electron chi connectivity index (χ4n) is 1.55. The standard InChI is InChI=1S/C13H19NO5S/c1-20(17,18)12(9-15)7-8-14-13(16)19-10-11-5-3-2-4-6-11/h2-6,12,15H,7-10H2,1H3,(H,14,16). The molecular formula is C13H19NO5S. The van der Waals surface area contributed by atoms with Gasteiger partial charge in [0.15, 0.2) is 9.84 Å². The van der Waals surface area contributed by atoms with Gasteiger partial charge in [-0.05, 0) is 12.0 Å². The molecule has 0 aliphatic heterocycles. The van der Waals surface area contributed by atoms with Gasteiger partial charge in [0.1, 0.15) is 6.61 Å². The summed E-state index contributed by atoms with van der Waals surface area (Å²) in [4.78, 5) is 11.4. The van der Waals surface area contributed by atoms with Crippen LogP contribution in [-0.2, 0) is 21.2 Å². The van der Waals surface area contributed by atoms with Crippen LogP contribution in [0.4, 0.5) is 4.79 Å². The molecule has 0 spiro atoms. The minimum atomic E-state index is -3.31. The fraction of sp³-hybridized carbons (Fsp3) is 0.462. The first-order valence-corrected chi connectivity index (χ1v) is 8.13. The van der Waals surface area contributed by atoms with E-state index in [0.717, 1.165) is 11.8 Å². The van der Waals surface area contributed by atoms with Crippen molar-refractivity contribution in [2.75, 3.05) is 19.4 Å². The van der Waals surface area contributed by atoms with Crippen molar-refractivity contribution in [2.24, 2.45) is 0 Å². The third kappa shape index (κ3) is 6.03. The van der Waals surface area contributed by atoms with Crippen LogP contribution in [0.1, 0.15) is 12.0 Å². The highest BCUT2D eigenvalue weighted by molar-refractivity contribution is 7.91. The van der Waals surface area contributed by atoms with Crippen LogP contribution in [0.3, 0.4) is 0 Å². The molecule has 0 radical (unpaired) electrons. The summed E-state index contributed by atoms with van der Waals surface area (Å²) >= 11 is 0. The van der Waals surface area contributed by atoms with Crippen LogP contribution in [-0.4, -0.2) is 44.3 Å². The van der Waals surface area contributed by atoms with Gasteiger partial charge in [0, 0.05) is 12.8 Å². The second kappa shape index (κ2) is 7.86. The molecule has 1 rings (SSSR count). The van der Waals surface area contributed by atoms with E-state index in [4.69, 9.17) is 9.84 Å². The first kappa shape index (κ1) is 16.5. The molecule has 0 heterocycles. The molecule has 1 aromatic carbocycles. The molecule has 0 aromatic heterocycles. The number of amides is 1. The number of hydrogen-bond donors (Lipinski definition) is 2. The number of carbonyl (C=O) groups is 1. The lowest BCUT2D eigenvalue weighted by atomic mass is 10.2. The highest BCUT2D eigenvalue weighted by atomic mass is 32.2. The van der Waals surface area contributed by atoms with Gasteiger partial charge < -0.3 is 15.2 Å². The summed E-state index contributed by atoms with van der Waals surface area (Å²) in [5.74, 6) is 0. The number of hydrogen-bond acceptors (Lipinski definition) is 5. The molecule has 0 saturated heterocycles. The Morgan fingerprint density at radius 2 is 2.00 bits per heavy atom. The molecule has 1 unspecified atom stereocenters. The summed E-state index contributed by atoms with van der Waals surface area (Å²) in [6, 6.07) is 9.21. The number of ether oxygens (including phenoxy) is 1. The molecule has 0 saturated carbocycles. The summed E-state index contributed by atoms with van der Waals surface area (Å²) < 4.78 is 27.5. The lowest BCUT2D eigenvalue weighted by Crippen LogP contribution is -2.32. The predicted molar refractivity (Wildman–Crippen MR) is 75.0 cm³/mol. The number of carbonyl (C=O) groups excluding carboxylic acids is 1. The van der Waals surface area contributed by atoms with E-state index in [1.807, 2.05) is 30.3 Å². The monoisotopic (exact) mass is 301 g/mol. The van der Waals surface area contributed by atoms with Gasteiger partial charge in [-0.15, -0.1) is 0 Å². The number of alkyl carbamates (subject to hydrolysis) is 1. The molecule has 0 fully saturated rings. The third-order valence-electron chi connectivity index (χ3n) is 2.76. The topological polar surface area (TPSA) is 92.7 Å². The van der Waals surface area contributed by atoms with Crippen LogP contribution in [0.25, 0.3) is 0 Å². The smallest absolute Gasteiger partial charge is 0.407 e. The zero-order valence-corrected chi connectivity index (χ0v) is 12.1. The van der Waals surface area contributed by atoms with Crippen LogP contribution in [0.2, 0.25) is 0 Å². The van der Waals surface area contributed by atoms with Crippen LogP contribution in [0.5, 0.6) is 0 Å². The quantitative estimate of drug-likeness (QED) is 0.773. The Morgan fingerprint density at radius 3 is 2.55 bits per heavy atom. The predicted octanol–water partition coefficient (Wildman–Crippen LogP) is 0.708. The first-order chi connectivity index (χ1) is 9.43. The Bertz CT molecular complexity index is 515. The Kier molecular flexibility index (Phi) is 6.47. The zero-order valence-electron chi connectivity index (χ0n) is 11.3. The molecule has 2 N–H and O–H groups in total. The van der Waals surface area contributed by atoms with Crippen molar-refractivity contribution in [2.45, 2.75) is 18.3 Å². The Labute approximate surface area is 118 Å². The van der Waals surface area contributed by atoms with Crippen molar-refractivity contribution in [3.05, 3.63) is 35.9 Å². The summed E-state index contributed by atoms with van der Waals surface area (Å²) in [5, 5.41) is 10.5. The molecule has 6 nitrogen and oxygen atoms in total. The maximum absolute atomic E-state index is 11.4. The van der Waals surface area contributed by atoms with Crippen LogP contribution in [0.15, 0.2) is 30.3 Å². The van der Waals surface area contributed by atoms with Gasteiger partial charge >= 0.3 is 6.09 Å². The van der Waals surface area contributed by atoms with Crippen molar-refractivity contribution < 1.29 is 23.1 Å². The van der Waals surface area contributed by atoms with E-state index in [9.17, 15) is 13.2 Å². The van der Waals surface area contributed by atoms with Crippen molar-refractivity contribution in [1.82, 2.24) is 5.32 Å². The number of aliphatic hydroxyl groups excluding tert-OH is 1. The van der Waals surface area contributed by atoms with Crippen LogP contribution < -0.4 is 5.32 Å². The Balaban J connectivity index is 2.27. The van der Waals surface area contributed by atoms with Gasteiger partial charge in [0.25, 0.3) is 0 Å². The average molecular weight is 301 g/mol. The molecule has 112 valence electrons. The highest BCUT2D eigenvalue weighted by Crippen LogP contribution is 2.03. The molecule has 20 heavy (non-hydrogen) atoms. The second-order valence-corrected chi connectivity index (χ2v) is 6.74. The van der Waals surface area contributed by atoms with E-state index in [0.29, 0.717) is 0 Å². The van der Waals surface area contributed by atoms with Gasteiger partial charge in [-0.2, -0.15) is 0 Å². The van der Waals surface area contributed by atoms with Gasteiger partial charge in [-0.1, -0.05) is 30.3 Å². The summed E-state index contributed by atoms with van der Waals surface area (Å²) in [6.07, 6.45) is 0.594. The fourth-order valence-corrected chi connectivity index (χ4v) is 2.37. The minimum absolute atomic E-state index is 0.131. The largest absolute Gasteiger partial charge is 0.445 e. The van der Waals surface area contributed by atoms with Gasteiger partial charge in [0.05, 0.1) is 11.9 Å². The molecule has 0 bridgehead atoms. The maximum Gasteiger partial charge on any atom is 0.407 e. The normalized spacial score (nSPS) is 12.7. The van der Waals surface area contributed by atoms with E-state index >= 15 is 0 Å². The number of rotatable bonds is 7. The van der Waals surface area contributed by atoms with E-state index in [1.54, 1.807) is 0 Å². The highest BCUT2D eigenvalue weighted by Gasteiger charge is 2.19. The lowest BCUT2D eigenvalue weighted by molar-refractivity contribution is 0.139. The molecule has 0 aliphatic rings. The summed E-state index contributed by atoms with van der Waals surface area (Å²) in [5.41, 5.74) is 0.868. The van der Waals surface area contributed by atoms with Crippen molar-refractivity contribution in [3.63, 3.8) is 0 Å². The summed E-state index contributed by atoms with van der Waals surface area (Å²) in [7, 11) is -3.31. The van der Waals surface area contributed by atoms with E-state index in [1.165, 1.54) is 0 Å². The molecular weight excluding hydrogens is 282 g/mol. The zero-order chi connectivity index (χ0) is 15.0. The average Bonchev–Trinajstić information content (AvgIpc) is 2.41. The number of sulfone groups is 1. The molecule has 1 aromatic rings. The molecule has 1 amide bonds. The van der Waals surface area contributed by atoms with E-state index in [-0.39, 0.29) is 19.6 Å². The Hall–Kier alpha value is -1.60. The third-order valence-corrected chi connectivity index (χ3v) is 4.35. The first-order valence-electron chi connectivity index (χ1n) is 6.17. The van der Waals surface area contributed by atoms with Crippen LogP contribution in [0, 0.1) is 0 Å². The van der Waals surface area contributed by atoms with Gasteiger partial charge in [-0.3, -0.25) is 0 Å².